The zero-order chi connectivity index (χ0) is 17.1. The molecule has 130 valence electrons. The van der Waals surface area contributed by atoms with Gasteiger partial charge in [0.1, 0.15) is 5.75 Å². The fourth-order valence-electron chi connectivity index (χ4n) is 1.96. The SMILES string of the molecule is CCCCOCCCNC(=O)NCOc1cc(C)c(Cl)c(C)c1. The molecule has 23 heavy (non-hydrogen) atoms. The van der Waals surface area contributed by atoms with Crippen molar-refractivity contribution in [1.29, 1.82) is 0 Å². The Labute approximate surface area is 143 Å². The van der Waals surface area contributed by atoms with Crippen LogP contribution in [0.3, 0.4) is 0 Å². The summed E-state index contributed by atoms with van der Waals surface area (Å²) in [4.78, 5) is 11.6. The van der Waals surface area contributed by atoms with Crippen molar-refractivity contribution < 1.29 is 14.3 Å². The molecule has 5 nitrogen and oxygen atoms in total. The number of rotatable bonds is 10. The van der Waals surface area contributed by atoms with Crippen LogP contribution in [0.4, 0.5) is 4.79 Å². The Balaban J connectivity index is 2.12. The second kappa shape index (κ2) is 11.1. The lowest BCUT2D eigenvalue weighted by atomic mass is 10.1. The third-order valence-corrected chi connectivity index (χ3v) is 3.87. The largest absolute Gasteiger partial charge is 0.473 e. The van der Waals surface area contributed by atoms with Gasteiger partial charge >= 0.3 is 6.03 Å². The van der Waals surface area contributed by atoms with Crippen molar-refractivity contribution in [1.82, 2.24) is 10.6 Å². The average molecular weight is 343 g/mol. The summed E-state index contributed by atoms with van der Waals surface area (Å²) in [5, 5.41) is 6.15. The van der Waals surface area contributed by atoms with Gasteiger partial charge in [-0.25, -0.2) is 4.79 Å². The zero-order valence-electron chi connectivity index (χ0n) is 14.2. The summed E-state index contributed by atoms with van der Waals surface area (Å²) in [7, 11) is 0. The number of hydrogen-bond donors (Lipinski definition) is 2. The van der Waals surface area contributed by atoms with Crippen molar-refractivity contribution in [2.45, 2.75) is 40.0 Å². The third kappa shape index (κ3) is 8.09. The normalized spacial score (nSPS) is 10.4. The molecule has 0 aliphatic heterocycles. The first kappa shape index (κ1) is 19.6. The van der Waals surface area contributed by atoms with Gasteiger partial charge in [0, 0.05) is 24.8 Å². The predicted molar refractivity (Wildman–Crippen MR) is 93.3 cm³/mol. The van der Waals surface area contributed by atoms with Gasteiger partial charge in [-0.3, -0.25) is 0 Å². The van der Waals surface area contributed by atoms with Crippen molar-refractivity contribution >= 4 is 17.6 Å². The highest BCUT2D eigenvalue weighted by atomic mass is 35.5. The van der Waals surface area contributed by atoms with Gasteiger partial charge < -0.3 is 20.1 Å². The number of urea groups is 1. The lowest BCUT2D eigenvalue weighted by molar-refractivity contribution is 0.129. The molecule has 0 saturated carbocycles. The van der Waals surface area contributed by atoms with Crippen molar-refractivity contribution in [3.8, 4) is 5.75 Å². The van der Waals surface area contributed by atoms with E-state index in [9.17, 15) is 4.79 Å². The fraction of sp³-hybridized carbons (Fsp3) is 0.588. The lowest BCUT2D eigenvalue weighted by Crippen LogP contribution is -2.38. The number of nitrogens with one attached hydrogen (secondary N) is 2. The number of ether oxygens (including phenoxy) is 2. The Morgan fingerprint density at radius 1 is 1.13 bits per heavy atom. The van der Waals surface area contributed by atoms with Gasteiger partial charge in [0.2, 0.25) is 0 Å². The summed E-state index contributed by atoms with van der Waals surface area (Å²) in [6.07, 6.45) is 3.01. The number of amides is 2. The molecule has 0 aromatic heterocycles. The summed E-state index contributed by atoms with van der Waals surface area (Å²) >= 11 is 6.10. The number of unbranched alkanes of at least 4 members (excludes halogenated alkanes) is 1. The topological polar surface area (TPSA) is 59.6 Å². The van der Waals surface area contributed by atoms with E-state index in [1.165, 1.54) is 0 Å². The fourth-order valence-corrected chi connectivity index (χ4v) is 2.07. The van der Waals surface area contributed by atoms with Gasteiger partial charge in [0.25, 0.3) is 0 Å². The van der Waals surface area contributed by atoms with Gasteiger partial charge in [0.15, 0.2) is 6.73 Å². The highest BCUT2D eigenvalue weighted by Gasteiger charge is 2.04. The summed E-state index contributed by atoms with van der Waals surface area (Å²) in [6.45, 7) is 8.12. The Kier molecular flexibility index (Phi) is 9.48. The first-order chi connectivity index (χ1) is 11.0. The van der Waals surface area contributed by atoms with Crippen LogP contribution in [0, 0.1) is 13.8 Å². The van der Waals surface area contributed by atoms with Crippen LogP contribution in [0.1, 0.15) is 37.3 Å². The highest BCUT2D eigenvalue weighted by molar-refractivity contribution is 6.32. The molecule has 0 saturated heterocycles. The summed E-state index contributed by atoms with van der Waals surface area (Å²) in [5.74, 6) is 0.689. The molecule has 0 aliphatic rings. The maximum Gasteiger partial charge on any atom is 0.317 e. The summed E-state index contributed by atoms with van der Waals surface area (Å²) in [5.41, 5.74) is 1.91. The van der Waals surface area contributed by atoms with Gasteiger partial charge in [-0.2, -0.15) is 0 Å². The van der Waals surface area contributed by atoms with E-state index in [0.29, 0.717) is 18.9 Å². The monoisotopic (exact) mass is 342 g/mol. The molecule has 6 heteroatoms. The molecule has 0 aliphatic carbocycles. The molecule has 1 aromatic carbocycles. The maximum atomic E-state index is 11.6. The van der Waals surface area contributed by atoms with Crippen LogP contribution >= 0.6 is 11.6 Å². The van der Waals surface area contributed by atoms with E-state index >= 15 is 0 Å². The van der Waals surface area contributed by atoms with Gasteiger partial charge in [0.05, 0.1) is 0 Å². The van der Waals surface area contributed by atoms with Crippen LogP contribution < -0.4 is 15.4 Å². The highest BCUT2D eigenvalue weighted by Crippen LogP contribution is 2.25. The Hall–Kier alpha value is -1.46. The number of halogens is 1. The van der Waals surface area contributed by atoms with Crippen molar-refractivity contribution in [3.05, 3.63) is 28.3 Å². The molecule has 0 spiro atoms. The van der Waals surface area contributed by atoms with Crippen molar-refractivity contribution in [2.24, 2.45) is 0 Å². The van der Waals surface area contributed by atoms with Crippen LogP contribution in [-0.2, 0) is 4.74 Å². The molecule has 2 amide bonds. The number of benzene rings is 1. The van der Waals surface area contributed by atoms with Crippen LogP contribution in [0.25, 0.3) is 0 Å². The maximum absolute atomic E-state index is 11.6. The van der Waals surface area contributed by atoms with E-state index in [0.717, 1.165) is 42.0 Å². The first-order valence-electron chi connectivity index (χ1n) is 8.03. The Bertz CT molecular complexity index is 472. The predicted octanol–water partition coefficient (Wildman–Crippen LogP) is 3.80. The third-order valence-electron chi connectivity index (χ3n) is 3.27. The van der Waals surface area contributed by atoms with E-state index in [1.807, 2.05) is 26.0 Å². The molecule has 2 N–H and O–H groups in total. The van der Waals surface area contributed by atoms with E-state index in [4.69, 9.17) is 21.1 Å². The summed E-state index contributed by atoms with van der Waals surface area (Å²) in [6, 6.07) is 3.45. The van der Waals surface area contributed by atoms with E-state index in [2.05, 4.69) is 17.6 Å². The zero-order valence-corrected chi connectivity index (χ0v) is 15.0. The molecule has 1 aromatic rings. The molecular weight excluding hydrogens is 316 g/mol. The molecule has 0 unspecified atom stereocenters. The van der Waals surface area contributed by atoms with E-state index in [-0.39, 0.29) is 12.8 Å². The lowest BCUT2D eigenvalue weighted by Gasteiger charge is -2.11. The van der Waals surface area contributed by atoms with Crippen LogP contribution in [-0.4, -0.2) is 32.5 Å². The molecule has 0 fully saturated rings. The van der Waals surface area contributed by atoms with Gasteiger partial charge in [-0.05, 0) is 49.9 Å². The molecular formula is C17H27ClN2O3. The number of carbonyl (C=O) groups excluding carboxylic acids is 1. The minimum absolute atomic E-state index is 0.110. The molecule has 0 radical (unpaired) electrons. The average Bonchev–Trinajstić information content (AvgIpc) is 2.51. The van der Waals surface area contributed by atoms with Crippen molar-refractivity contribution in [2.75, 3.05) is 26.5 Å². The Morgan fingerprint density at radius 2 is 1.78 bits per heavy atom. The van der Waals surface area contributed by atoms with E-state index < -0.39 is 0 Å². The van der Waals surface area contributed by atoms with Crippen LogP contribution in [0.5, 0.6) is 5.75 Å². The second-order valence-electron chi connectivity index (χ2n) is 5.41. The molecule has 1 rings (SSSR count). The quantitative estimate of drug-likeness (QED) is 0.502. The van der Waals surface area contributed by atoms with E-state index in [1.54, 1.807) is 0 Å². The number of hydrogen-bond acceptors (Lipinski definition) is 3. The van der Waals surface area contributed by atoms with Gasteiger partial charge in [-0.15, -0.1) is 0 Å². The standard InChI is InChI=1S/C17H27ClN2O3/c1-4-5-8-22-9-6-7-19-17(21)20-12-23-15-10-13(2)16(18)14(3)11-15/h10-11H,4-9,12H2,1-3H3,(H2,19,20,21). The molecule has 0 atom stereocenters. The Morgan fingerprint density at radius 3 is 2.43 bits per heavy atom. The number of aryl methyl sites for hydroxylation is 2. The van der Waals surface area contributed by atoms with Crippen LogP contribution in [0.15, 0.2) is 12.1 Å². The molecule has 0 bridgehead atoms. The number of carbonyl (C=O) groups is 1. The minimum atomic E-state index is -0.249. The van der Waals surface area contributed by atoms with Crippen LogP contribution in [0.2, 0.25) is 5.02 Å². The smallest absolute Gasteiger partial charge is 0.317 e. The first-order valence-corrected chi connectivity index (χ1v) is 8.41. The molecule has 0 heterocycles. The second-order valence-corrected chi connectivity index (χ2v) is 5.79. The minimum Gasteiger partial charge on any atom is -0.473 e. The van der Waals surface area contributed by atoms with Gasteiger partial charge in [-0.1, -0.05) is 24.9 Å². The van der Waals surface area contributed by atoms with Crippen molar-refractivity contribution in [3.63, 3.8) is 0 Å². The summed E-state index contributed by atoms with van der Waals surface area (Å²) < 4.78 is 10.9.